The van der Waals surface area contributed by atoms with Gasteiger partial charge in [-0.15, -0.1) is 0 Å². The van der Waals surface area contributed by atoms with Crippen LogP contribution in [0.25, 0.3) is 0 Å². The van der Waals surface area contributed by atoms with Gasteiger partial charge in [0.2, 0.25) is 5.75 Å². The summed E-state index contributed by atoms with van der Waals surface area (Å²) in [5, 5.41) is 0. The van der Waals surface area contributed by atoms with E-state index in [4.69, 9.17) is 14.2 Å². The Hall–Kier alpha value is -2.24. The van der Waals surface area contributed by atoms with Crippen molar-refractivity contribution in [1.29, 1.82) is 0 Å². The maximum Gasteiger partial charge on any atom is 0.306 e. The summed E-state index contributed by atoms with van der Waals surface area (Å²) in [5.41, 5.74) is 0.390. The summed E-state index contributed by atoms with van der Waals surface area (Å²) in [6.45, 7) is 1.67. The predicted molar refractivity (Wildman–Crippen MR) is 76.2 cm³/mol. The van der Waals surface area contributed by atoms with E-state index in [1.807, 2.05) is 0 Å². The molecular weight excluding hydrogens is 276 g/mol. The van der Waals surface area contributed by atoms with Crippen LogP contribution in [0.5, 0.6) is 17.2 Å². The van der Waals surface area contributed by atoms with Crippen molar-refractivity contribution in [3.8, 4) is 17.2 Å². The number of benzene rings is 1. The average Bonchev–Trinajstić information content (AvgIpc) is 2.52. The summed E-state index contributed by atoms with van der Waals surface area (Å²) in [5.74, 6) is 0.0799. The second-order valence-electron chi connectivity index (χ2n) is 4.46. The van der Waals surface area contributed by atoms with Crippen LogP contribution < -0.4 is 14.2 Å². The van der Waals surface area contributed by atoms with Crippen LogP contribution in [0, 0.1) is 5.92 Å². The fraction of sp³-hybridized carbons (Fsp3) is 0.467. The van der Waals surface area contributed by atoms with Crippen molar-refractivity contribution >= 4 is 11.8 Å². The van der Waals surface area contributed by atoms with Crippen LogP contribution in [0.1, 0.15) is 23.7 Å². The predicted octanol–water partition coefficient (Wildman–Crippen LogP) is 2.09. The number of esters is 1. The van der Waals surface area contributed by atoms with Gasteiger partial charge in [-0.1, -0.05) is 6.92 Å². The molecule has 0 spiro atoms. The lowest BCUT2D eigenvalue weighted by Crippen LogP contribution is -2.17. The van der Waals surface area contributed by atoms with Crippen LogP contribution in [0.4, 0.5) is 0 Å². The minimum absolute atomic E-state index is 0.0198. The summed E-state index contributed by atoms with van der Waals surface area (Å²) >= 11 is 0. The second-order valence-corrected chi connectivity index (χ2v) is 4.46. The highest BCUT2D eigenvalue weighted by atomic mass is 16.5. The van der Waals surface area contributed by atoms with Crippen molar-refractivity contribution in [2.24, 2.45) is 5.92 Å². The van der Waals surface area contributed by atoms with E-state index in [9.17, 15) is 9.59 Å². The van der Waals surface area contributed by atoms with Crippen LogP contribution in [-0.4, -0.2) is 40.2 Å². The summed E-state index contributed by atoms with van der Waals surface area (Å²) in [6.07, 6.45) is 0.0198. The smallest absolute Gasteiger partial charge is 0.306 e. The molecule has 1 aromatic rings. The Bertz CT molecular complexity index is 498. The molecule has 21 heavy (non-hydrogen) atoms. The lowest BCUT2D eigenvalue weighted by atomic mass is 9.96. The number of carbonyl (C=O) groups excluding carboxylic acids is 2. The summed E-state index contributed by atoms with van der Waals surface area (Å²) < 4.78 is 20.2. The van der Waals surface area contributed by atoms with Gasteiger partial charge in [-0.2, -0.15) is 0 Å². The van der Waals surface area contributed by atoms with E-state index in [1.54, 1.807) is 19.1 Å². The fourth-order valence-electron chi connectivity index (χ4n) is 1.93. The number of hydrogen-bond acceptors (Lipinski definition) is 6. The number of Topliss-reactive ketones (excluding diaryl/α,β-unsaturated/α-hetero) is 1. The SMILES string of the molecule is COC(=O)CC(C)C(=O)c1cc(OC)c(OC)c(OC)c1. The molecule has 1 aromatic carbocycles. The molecule has 1 unspecified atom stereocenters. The minimum Gasteiger partial charge on any atom is -0.493 e. The van der Waals surface area contributed by atoms with Crippen LogP contribution >= 0.6 is 0 Å². The Balaban J connectivity index is 3.12. The highest BCUT2D eigenvalue weighted by molar-refractivity contribution is 6.00. The minimum atomic E-state index is -0.500. The zero-order valence-corrected chi connectivity index (χ0v) is 12.9. The van der Waals surface area contributed by atoms with Gasteiger partial charge in [0.05, 0.1) is 34.9 Å². The first-order valence-corrected chi connectivity index (χ1v) is 6.39. The molecule has 0 aliphatic heterocycles. The van der Waals surface area contributed by atoms with Gasteiger partial charge in [0, 0.05) is 11.5 Å². The molecule has 0 fully saturated rings. The quantitative estimate of drug-likeness (QED) is 0.567. The molecule has 0 heterocycles. The van der Waals surface area contributed by atoms with Crippen molar-refractivity contribution < 1.29 is 28.5 Å². The number of ketones is 1. The van der Waals surface area contributed by atoms with Crippen molar-refractivity contribution in [3.63, 3.8) is 0 Å². The third kappa shape index (κ3) is 3.87. The van der Waals surface area contributed by atoms with Gasteiger partial charge in [0.25, 0.3) is 0 Å². The first-order chi connectivity index (χ1) is 9.98. The van der Waals surface area contributed by atoms with Gasteiger partial charge >= 0.3 is 5.97 Å². The molecule has 0 saturated carbocycles. The summed E-state index contributed by atoms with van der Waals surface area (Å²) in [4.78, 5) is 23.6. The molecule has 6 heteroatoms. The molecule has 0 aromatic heterocycles. The number of rotatable bonds is 7. The van der Waals surface area contributed by atoms with Crippen LogP contribution in [0.2, 0.25) is 0 Å². The molecule has 0 radical (unpaired) electrons. The Morgan fingerprint density at radius 3 is 1.90 bits per heavy atom. The van der Waals surface area contributed by atoms with Crippen LogP contribution in [-0.2, 0) is 9.53 Å². The van der Waals surface area contributed by atoms with Crippen molar-refractivity contribution in [3.05, 3.63) is 17.7 Å². The molecule has 0 bridgehead atoms. The highest BCUT2D eigenvalue weighted by Gasteiger charge is 2.22. The zero-order chi connectivity index (χ0) is 16.0. The Labute approximate surface area is 123 Å². The monoisotopic (exact) mass is 296 g/mol. The molecule has 0 amide bonds. The van der Waals surface area contributed by atoms with E-state index in [2.05, 4.69) is 4.74 Å². The number of methoxy groups -OCH3 is 4. The molecule has 0 N–H and O–H groups in total. The maximum atomic E-state index is 12.4. The highest BCUT2D eigenvalue weighted by Crippen LogP contribution is 2.38. The van der Waals surface area contributed by atoms with Gasteiger partial charge in [-0.25, -0.2) is 0 Å². The first-order valence-electron chi connectivity index (χ1n) is 6.39. The Kier molecular flexibility index (Phi) is 6.02. The van der Waals surface area contributed by atoms with E-state index in [1.165, 1.54) is 28.4 Å². The number of ether oxygens (including phenoxy) is 4. The van der Waals surface area contributed by atoms with Gasteiger partial charge in [0.15, 0.2) is 17.3 Å². The standard InChI is InChI=1S/C15H20O6/c1-9(6-13(16)20-4)14(17)10-7-11(18-2)15(21-5)12(8-10)19-3/h7-9H,6H2,1-5H3. The van der Waals surface area contributed by atoms with Gasteiger partial charge in [0.1, 0.15) is 0 Å². The topological polar surface area (TPSA) is 71.1 Å². The molecular formula is C15H20O6. The lowest BCUT2D eigenvalue weighted by Gasteiger charge is -2.15. The van der Waals surface area contributed by atoms with E-state index in [-0.39, 0.29) is 12.2 Å². The van der Waals surface area contributed by atoms with Gasteiger partial charge in [-0.3, -0.25) is 9.59 Å². The Morgan fingerprint density at radius 1 is 1.00 bits per heavy atom. The number of carbonyl (C=O) groups is 2. The van der Waals surface area contributed by atoms with Crippen molar-refractivity contribution in [2.75, 3.05) is 28.4 Å². The zero-order valence-electron chi connectivity index (χ0n) is 12.9. The molecule has 0 saturated heterocycles. The van der Waals surface area contributed by atoms with Gasteiger partial charge in [-0.05, 0) is 12.1 Å². The van der Waals surface area contributed by atoms with E-state index < -0.39 is 11.9 Å². The second kappa shape index (κ2) is 7.52. The average molecular weight is 296 g/mol. The molecule has 116 valence electrons. The lowest BCUT2D eigenvalue weighted by molar-refractivity contribution is -0.141. The third-order valence-corrected chi connectivity index (χ3v) is 3.10. The van der Waals surface area contributed by atoms with Crippen molar-refractivity contribution in [2.45, 2.75) is 13.3 Å². The first kappa shape index (κ1) is 16.8. The molecule has 1 rings (SSSR count). The maximum absolute atomic E-state index is 12.4. The van der Waals surface area contributed by atoms with E-state index >= 15 is 0 Å². The normalized spacial score (nSPS) is 11.5. The summed E-state index contributed by atoms with van der Waals surface area (Å²) in [7, 11) is 5.73. The number of hydrogen-bond donors (Lipinski definition) is 0. The molecule has 0 aliphatic carbocycles. The third-order valence-electron chi connectivity index (χ3n) is 3.10. The van der Waals surface area contributed by atoms with Crippen LogP contribution in [0.15, 0.2) is 12.1 Å². The summed E-state index contributed by atoms with van der Waals surface area (Å²) in [6, 6.07) is 3.13. The van der Waals surface area contributed by atoms with Crippen LogP contribution in [0.3, 0.4) is 0 Å². The van der Waals surface area contributed by atoms with E-state index in [0.29, 0.717) is 22.8 Å². The fourth-order valence-corrected chi connectivity index (χ4v) is 1.93. The van der Waals surface area contributed by atoms with Crippen molar-refractivity contribution in [1.82, 2.24) is 0 Å². The Morgan fingerprint density at radius 2 is 1.52 bits per heavy atom. The molecule has 0 aliphatic rings. The van der Waals surface area contributed by atoms with Gasteiger partial charge < -0.3 is 18.9 Å². The molecule has 1 atom stereocenters. The molecule has 6 nitrogen and oxygen atoms in total. The largest absolute Gasteiger partial charge is 0.493 e. The van der Waals surface area contributed by atoms with E-state index in [0.717, 1.165) is 0 Å².